The highest BCUT2D eigenvalue weighted by molar-refractivity contribution is 5.62. The Labute approximate surface area is 119 Å². The van der Waals surface area contributed by atoms with Crippen molar-refractivity contribution in [2.45, 2.75) is 26.3 Å². The smallest absolute Gasteiger partial charge is 0.133 e. The van der Waals surface area contributed by atoms with Crippen LogP contribution in [0.1, 0.15) is 36.6 Å². The van der Waals surface area contributed by atoms with Gasteiger partial charge in [-0.05, 0) is 23.5 Å². The van der Waals surface area contributed by atoms with Crippen molar-refractivity contribution in [2.24, 2.45) is 5.92 Å². The predicted molar refractivity (Wildman–Crippen MR) is 82.4 cm³/mol. The lowest BCUT2D eigenvalue weighted by Crippen LogP contribution is -2.15. The van der Waals surface area contributed by atoms with E-state index in [1.807, 2.05) is 6.07 Å². The van der Waals surface area contributed by atoms with E-state index in [0.29, 0.717) is 11.8 Å². The molecule has 2 atom stereocenters. The Morgan fingerprint density at radius 3 is 2.70 bits per heavy atom. The zero-order chi connectivity index (χ0) is 13.9. The lowest BCUT2D eigenvalue weighted by atomic mass is 9.84. The highest BCUT2D eigenvalue weighted by Gasteiger charge is 2.23. The molecular weight excluding hydrogens is 246 g/mol. The molecule has 3 nitrogen and oxygen atoms in total. The van der Waals surface area contributed by atoms with Crippen LogP contribution in [0.3, 0.4) is 0 Å². The zero-order valence-corrected chi connectivity index (χ0v) is 11.9. The Balaban J connectivity index is 1.86. The average Bonchev–Trinajstić information content (AvgIpc) is 2.50. The molecule has 102 valence electrons. The van der Waals surface area contributed by atoms with Crippen molar-refractivity contribution in [3.05, 3.63) is 59.6 Å². The van der Waals surface area contributed by atoms with Crippen molar-refractivity contribution in [3.63, 3.8) is 0 Å². The molecule has 0 saturated carbocycles. The van der Waals surface area contributed by atoms with Crippen LogP contribution >= 0.6 is 0 Å². The van der Waals surface area contributed by atoms with Gasteiger partial charge in [-0.25, -0.2) is 9.97 Å². The van der Waals surface area contributed by atoms with Gasteiger partial charge in [-0.2, -0.15) is 0 Å². The second-order valence-corrected chi connectivity index (χ2v) is 5.37. The van der Waals surface area contributed by atoms with E-state index in [0.717, 1.165) is 18.1 Å². The summed E-state index contributed by atoms with van der Waals surface area (Å²) in [7, 11) is 0. The molecule has 1 aliphatic carbocycles. The first kappa shape index (κ1) is 12.9. The van der Waals surface area contributed by atoms with Gasteiger partial charge in [0.2, 0.25) is 0 Å². The molecule has 2 aromatic rings. The van der Waals surface area contributed by atoms with Crippen molar-refractivity contribution in [1.82, 2.24) is 9.97 Å². The quantitative estimate of drug-likeness (QED) is 0.915. The van der Waals surface area contributed by atoms with Crippen LogP contribution < -0.4 is 5.32 Å². The molecule has 1 aromatic heterocycles. The molecular formula is C17H19N3. The summed E-state index contributed by atoms with van der Waals surface area (Å²) >= 11 is 0. The number of allylic oxidation sites excluding steroid dienone is 1. The monoisotopic (exact) mass is 265 g/mol. The number of rotatable bonds is 3. The van der Waals surface area contributed by atoms with Gasteiger partial charge in [-0.15, -0.1) is 0 Å². The summed E-state index contributed by atoms with van der Waals surface area (Å²) in [6.07, 6.45) is 5.97. The first-order chi connectivity index (χ1) is 9.75. The van der Waals surface area contributed by atoms with Crippen LogP contribution in [0, 0.1) is 5.92 Å². The standard InChI is InChI=1S/C17H19N3/c1-12-8-9-15-16(13(12)2)17(20-11-19-15)18-10-14-6-4-3-5-7-14/h3-9,11-13H,10H2,1-2H3,(H,18,19,20). The summed E-state index contributed by atoms with van der Waals surface area (Å²) < 4.78 is 0. The number of fused-ring (bicyclic) bond motifs is 1. The molecule has 3 heteroatoms. The molecule has 1 aromatic carbocycles. The summed E-state index contributed by atoms with van der Waals surface area (Å²) in [6.45, 7) is 5.26. The molecule has 0 radical (unpaired) electrons. The fourth-order valence-electron chi connectivity index (χ4n) is 2.59. The molecule has 1 heterocycles. The third kappa shape index (κ3) is 2.44. The van der Waals surface area contributed by atoms with Crippen LogP contribution in [0.25, 0.3) is 6.08 Å². The van der Waals surface area contributed by atoms with Crippen LogP contribution in [-0.2, 0) is 6.54 Å². The number of hydrogen-bond acceptors (Lipinski definition) is 3. The summed E-state index contributed by atoms with van der Waals surface area (Å²) in [6, 6.07) is 10.4. The number of nitrogens with one attached hydrogen (secondary N) is 1. The summed E-state index contributed by atoms with van der Waals surface area (Å²) in [5, 5.41) is 3.46. The largest absolute Gasteiger partial charge is 0.366 e. The lowest BCUT2D eigenvalue weighted by molar-refractivity contribution is 0.581. The Kier molecular flexibility index (Phi) is 3.50. The average molecular weight is 265 g/mol. The lowest BCUT2D eigenvalue weighted by Gasteiger charge is -2.25. The minimum absolute atomic E-state index is 0.439. The van der Waals surface area contributed by atoms with Crippen molar-refractivity contribution in [3.8, 4) is 0 Å². The molecule has 0 saturated heterocycles. The molecule has 0 bridgehead atoms. The minimum Gasteiger partial charge on any atom is -0.366 e. The number of aromatic nitrogens is 2. The topological polar surface area (TPSA) is 37.8 Å². The van der Waals surface area contributed by atoms with E-state index < -0.39 is 0 Å². The van der Waals surface area contributed by atoms with E-state index in [4.69, 9.17) is 0 Å². The van der Waals surface area contributed by atoms with E-state index in [-0.39, 0.29) is 0 Å². The normalized spacial score (nSPS) is 20.5. The van der Waals surface area contributed by atoms with Gasteiger partial charge in [0.1, 0.15) is 12.1 Å². The van der Waals surface area contributed by atoms with E-state index >= 15 is 0 Å². The number of nitrogens with zero attached hydrogens (tertiary/aromatic N) is 2. The van der Waals surface area contributed by atoms with E-state index in [9.17, 15) is 0 Å². The second-order valence-electron chi connectivity index (χ2n) is 5.37. The molecule has 0 spiro atoms. The van der Waals surface area contributed by atoms with Crippen molar-refractivity contribution >= 4 is 11.9 Å². The number of anilines is 1. The minimum atomic E-state index is 0.439. The summed E-state index contributed by atoms with van der Waals surface area (Å²) in [5.41, 5.74) is 3.53. The molecule has 3 rings (SSSR count). The van der Waals surface area contributed by atoms with Gasteiger partial charge in [0.05, 0.1) is 5.69 Å². The van der Waals surface area contributed by atoms with Crippen molar-refractivity contribution < 1.29 is 0 Å². The number of hydrogen-bond donors (Lipinski definition) is 1. The molecule has 2 unspecified atom stereocenters. The summed E-state index contributed by atoms with van der Waals surface area (Å²) in [5.74, 6) is 1.92. The van der Waals surface area contributed by atoms with Gasteiger partial charge in [-0.1, -0.05) is 50.3 Å². The Morgan fingerprint density at radius 2 is 1.90 bits per heavy atom. The third-order valence-electron chi connectivity index (χ3n) is 4.02. The Hall–Kier alpha value is -2.16. The molecule has 0 fully saturated rings. The van der Waals surface area contributed by atoms with Gasteiger partial charge >= 0.3 is 0 Å². The first-order valence-corrected chi connectivity index (χ1v) is 7.06. The SMILES string of the molecule is CC1C=Cc2ncnc(NCc3ccccc3)c2C1C. The summed E-state index contributed by atoms with van der Waals surface area (Å²) in [4.78, 5) is 8.82. The molecule has 1 aliphatic rings. The van der Waals surface area contributed by atoms with Crippen LogP contribution in [0.2, 0.25) is 0 Å². The number of benzene rings is 1. The van der Waals surface area contributed by atoms with Crippen LogP contribution in [-0.4, -0.2) is 9.97 Å². The fourth-order valence-corrected chi connectivity index (χ4v) is 2.59. The van der Waals surface area contributed by atoms with Crippen molar-refractivity contribution in [1.29, 1.82) is 0 Å². The van der Waals surface area contributed by atoms with Crippen LogP contribution in [0.5, 0.6) is 0 Å². The molecule has 20 heavy (non-hydrogen) atoms. The fraction of sp³-hybridized carbons (Fsp3) is 0.294. The molecule has 0 aliphatic heterocycles. The maximum Gasteiger partial charge on any atom is 0.133 e. The third-order valence-corrected chi connectivity index (χ3v) is 4.02. The zero-order valence-electron chi connectivity index (χ0n) is 11.9. The second kappa shape index (κ2) is 5.45. The van der Waals surface area contributed by atoms with Gasteiger partial charge in [0.15, 0.2) is 0 Å². The van der Waals surface area contributed by atoms with E-state index in [2.05, 4.69) is 65.5 Å². The highest BCUT2D eigenvalue weighted by Crippen LogP contribution is 2.36. The Morgan fingerprint density at radius 1 is 1.10 bits per heavy atom. The maximum atomic E-state index is 4.44. The van der Waals surface area contributed by atoms with Gasteiger partial charge < -0.3 is 5.32 Å². The first-order valence-electron chi connectivity index (χ1n) is 7.06. The van der Waals surface area contributed by atoms with Gasteiger partial charge in [0.25, 0.3) is 0 Å². The van der Waals surface area contributed by atoms with E-state index in [1.165, 1.54) is 11.1 Å². The van der Waals surface area contributed by atoms with Crippen LogP contribution in [0.15, 0.2) is 42.7 Å². The van der Waals surface area contributed by atoms with E-state index in [1.54, 1.807) is 6.33 Å². The maximum absolute atomic E-state index is 4.44. The highest BCUT2D eigenvalue weighted by atomic mass is 15.0. The van der Waals surface area contributed by atoms with Gasteiger partial charge in [0, 0.05) is 12.1 Å². The van der Waals surface area contributed by atoms with Crippen LogP contribution in [0.4, 0.5) is 5.82 Å². The molecule has 1 N–H and O–H groups in total. The Bertz CT molecular complexity index is 619. The predicted octanol–water partition coefficient (Wildman–Crippen LogP) is 3.86. The van der Waals surface area contributed by atoms with Gasteiger partial charge in [-0.3, -0.25) is 0 Å². The molecule has 0 amide bonds. The van der Waals surface area contributed by atoms with Crippen molar-refractivity contribution in [2.75, 3.05) is 5.32 Å².